The second kappa shape index (κ2) is 5.48. The molecule has 1 amide bonds. The molecular weight excluding hydrogens is 308 g/mol. The second-order valence-electron chi connectivity index (χ2n) is 5.70. The molecule has 122 valence electrons. The fourth-order valence-corrected chi connectivity index (χ4v) is 2.89. The molecule has 0 spiro atoms. The van der Waals surface area contributed by atoms with Crippen molar-refractivity contribution in [2.75, 3.05) is 17.2 Å². The fourth-order valence-electron chi connectivity index (χ4n) is 2.89. The number of nitrogens with one attached hydrogen (secondary N) is 2. The molecular formula is C16H16N6O2. The van der Waals surface area contributed by atoms with Gasteiger partial charge in [0.1, 0.15) is 22.7 Å². The average molecular weight is 324 g/mol. The van der Waals surface area contributed by atoms with Crippen molar-refractivity contribution in [3.8, 4) is 0 Å². The number of rotatable bonds is 2. The quantitative estimate of drug-likeness (QED) is 0.740. The molecule has 24 heavy (non-hydrogen) atoms. The van der Waals surface area contributed by atoms with Crippen molar-refractivity contribution < 1.29 is 4.79 Å². The molecule has 0 unspecified atom stereocenters. The first-order valence-electron chi connectivity index (χ1n) is 7.73. The number of aryl methyl sites for hydroxylation is 2. The molecule has 1 aliphatic heterocycles. The van der Waals surface area contributed by atoms with E-state index in [0.29, 0.717) is 11.3 Å². The summed E-state index contributed by atoms with van der Waals surface area (Å²) < 4.78 is 3.23. The Morgan fingerprint density at radius 2 is 2.21 bits per heavy atom. The lowest BCUT2D eigenvalue weighted by molar-refractivity contribution is 0.102. The molecule has 8 heteroatoms. The molecule has 0 aromatic carbocycles. The Morgan fingerprint density at radius 3 is 3.08 bits per heavy atom. The molecule has 4 heterocycles. The third-order valence-electron chi connectivity index (χ3n) is 4.10. The number of carbonyl (C=O) groups excluding carboxylic acids is 1. The molecule has 3 aromatic rings. The number of carbonyl (C=O) groups is 1. The molecule has 0 aliphatic carbocycles. The van der Waals surface area contributed by atoms with Gasteiger partial charge in [0, 0.05) is 25.0 Å². The van der Waals surface area contributed by atoms with E-state index in [2.05, 4.69) is 20.7 Å². The van der Waals surface area contributed by atoms with Crippen molar-refractivity contribution >= 4 is 23.1 Å². The van der Waals surface area contributed by atoms with Crippen molar-refractivity contribution in [1.29, 1.82) is 0 Å². The van der Waals surface area contributed by atoms with Crippen LogP contribution in [0, 0.1) is 6.92 Å². The summed E-state index contributed by atoms with van der Waals surface area (Å²) in [7, 11) is 0. The van der Waals surface area contributed by atoms with Crippen molar-refractivity contribution in [3.63, 3.8) is 0 Å². The van der Waals surface area contributed by atoms with Gasteiger partial charge in [-0.3, -0.25) is 14.0 Å². The number of anilines is 2. The van der Waals surface area contributed by atoms with Gasteiger partial charge in [-0.15, -0.1) is 0 Å². The van der Waals surface area contributed by atoms with Gasteiger partial charge in [-0.25, -0.2) is 9.67 Å². The fraction of sp³-hybridized carbons (Fsp3) is 0.250. The van der Waals surface area contributed by atoms with E-state index in [1.807, 2.05) is 6.07 Å². The lowest BCUT2D eigenvalue weighted by atomic mass is 10.2. The summed E-state index contributed by atoms with van der Waals surface area (Å²) in [5, 5.41) is 10.2. The standard InChI is InChI=1S/C16H16N6O2/c1-10-4-2-5-13-18-8-11(16(24)22(10)13)15(23)20-12-9-19-21-7-3-6-17-14(12)21/h2,4-5,8-9,17H,3,6-7H2,1H3,(H,20,23). The SMILES string of the molecule is Cc1cccc2ncc(C(=O)Nc3cnn4c3NCCC4)c(=O)n12. The van der Waals surface area contributed by atoms with Gasteiger partial charge in [-0.05, 0) is 25.5 Å². The van der Waals surface area contributed by atoms with Crippen LogP contribution >= 0.6 is 0 Å². The number of aromatic nitrogens is 4. The summed E-state index contributed by atoms with van der Waals surface area (Å²) in [6.07, 6.45) is 3.88. The highest BCUT2D eigenvalue weighted by atomic mass is 16.2. The zero-order chi connectivity index (χ0) is 16.7. The van der Waals surface area contributed by atoms with Crippen molar-refractivity contribution in [2.45, 2.75) is 19.9 Å². The number of hydrogen-bond donors (Lipinski definition) is 2. The van der Waals surface area contributed by atoms with Gasteiger partial charge in [0.25, 0.3) is 11.5 Å². The minimum Gasteiger partial charge on any atom is -0.368 e. The normalized spacial score (nSPS) is 13.4. The summed E-state index contributed by atoms with van der Waals surface area (Å²) in [5.41, 5.74) is 1.42. The van der Waals surface area contributed by atoms with E-state index in [9.17, 15) is 9.59 Å². The van der Waals surface area contributed by atoms with E-state index >= 15 is 0 Å². The van der Waals surface area contributed by atoms with Gasteiger partial charge in [0.2, 0.25) is 0 Å². The van der Waals surface area contributed by atoms with Gasteiger partial charge in [0.05, 0.1) is 6.20 Å². The molecule has 0 radical (unpaired) electrons. The number of nitrogens with zero attached hydrogens (tertiary/aromatic N) is 4. The van der Waals surface area contributed by atoms with Crippen LogP contribution in [0.1, 0.15) is 22.5 Å². The number of fused-ring (bicyclic) bond motifs is 2. The van der Waals surface area contributed by atoms with Gasteiger partial charge in [-0.2, -0.15) is 5.10 Å². The van der Waals surface area contributed by atoms with Crippen LogP contribution in [0.25, 0.3) is 5.65 Å². The molecule has 0 fully saturated rings. The summed E-state index contributed by atoms with van der Waals surface area (Å²) in [4.78, 5) is 29.4. The van der Waals surface area contributed by atoms with Crippen LogP contribution < -0.4 is 16.2 Å². The molecule has 0 saturated heterocycles. The highest BCUT2D eigenvalue weighted by Gasteiger charge is 2.19. The topological polar surface area (TPSA) is 93.3 Å². The highest BCUT2D eigenvalue weighted by Crippen LogP contribution is 2.24. The maximum Gasteiger partial charge on any atom is 0.270 e. The van der Waals surface area contributed by atoms with Crippen LogP contribution in [0.4, 0.5) is 11.5 Å². The van der Waals surface area contributed by atoms with Gasteiger partial charge in [-0.1, -0.05) is 6.07 Å². The Labute approximate surface area is 137 Å². The van der Waals surface area contributed by atoms with Crippen LogP contribution in [0.5, 0.6) is 0 Å². The van der Waals surface area contributed by atoms with Crippen molar-refractivity contribution in [1.82, 2.24) is 19.2 Å². The van der Waals surface area contributed by atoms with E-state index in [-0.39, 0.29) is 11.1 Å². The Hall–Kier alpha value is -3.16. The minimum atomic E-state index is -0.492. The largest absolute Gasteiger partial charge is 0.368 e. The van der Waals surface area contributed by atoms with E-state index in [1.165, 1.54) is 10.6 Å². The van der Waals surface area contributed by atoms with Crippen LogP contribution in [-0.2, 0) is 6.54 Å². The van der Waals surface area contributed by atoms with Gasteiger partial charge < -0.3 is 10.6 Å². The predicted molar refractivity (Wildman–Crippen MR) is 89.5 cm³/mol. The first kappa shape index (κ1) is 14.4. The van der Waals surface area contributed by atoms with Crippen molar-refractivity contribution in [2.24, 2.45) is 0 Å². The Bertz CT molecular complexity index is 1000. The van der Waals surface area contributed by atoms with E-state index < -0.39 is 5.91 Å². The van der Waals surface area contributed by atoms with Crippen LogP contribution in [0.15, 0.2) is 35.4 Å². The lowest BCUT2D eigenvalue weighted by Crippen LogP contribution is -2.28. The van der Waals surface area contributed by atoms with Gasteiger partial charge in [0.15, 0.2) is 0 Å². The summed E-state index contributed by atoms with van der Waals surface area (Å²) in [6.45, 7) is 3.43. The molecule has 4 rings (SSSR count). The third kappa shape index (κ3) is 2.23. The van der Waals surface area contributed by atoms with Crippen LogP contribution in [0.3, 0.4) is 0 Å². The zero-order valence-corrected chi connectivity index (χ0v) is 13.1. The summed E-state index contributed by atoms with van der Waals surface area (Å²) in [5.74, 6) is 0.271. The Kier molecular flexibility index (Phi) is 3.30. The molecule has 3 aromatic heterocycles. The second-order valence-corrected chi connectivity index (χ2v) is 5.70. The van der Waals surface area contributed by atoms with E-state index in [4.69, 9.17) is 0 Å². The van der Waals surface area contributed by atoms with Gasteiger partial charge >= 0.3 is 0 Å². The zero-order valence-electron chi connectivity index (χ0n) is 13.1. The Balaban J connectivity index is 1.72. The predicted octanol–water partition coefficient (Wildman–Crippen LogP) is 1.27. The average Bonchev–Trinajstić information content (AvgIpc) is 2.98. The lowest BCUT2D eigenvalue weighted by Gasteiger charge is -2.17. The smallest absolute Gasteiger partial charge is 0.270 e. The summed E-state index contributed by atoms with van der Waals surface area (Å²) >= 11 is 0. The minimum absolute atomic E-state index is 0.00226. The van der Waals surface area contributed by atoms with Crippen LogP contribution in [0.2, 0.25) is 0 Å². The molecule has 1 aliphatic rings. The van der Waals surface area contributed by atoms with E-state index in [1.54, 1.807) is 29.9 Å². The number of hydrogen-bond acceptors (Lipinski definition) is 5. The van der Waals surface area contributed by atoms with Crippen LogP contribution in [-0.4, -0.2) is 31.6 Å². The molecule has 0 saturated carbocycles. The monoisotopic (exact) mass is 324 g/mol. The first-order valence-corrected chi connectivity index (χ1v) is 7.73. The maximum absolute atomic E-state index is 12.6. The van der Waals surface area contributed by atoms with Crippen molar-refractivity contribution in [3.05, 3.63) is 52.2 Å². The Morgan fingerprint density at radius 1 is 1.33 bits per heavy atom. The first-order chi connectivity index (χ1) is 11.6. The number of amides is 1. The number of pyridine rings is 1. The maximum atomic E-state index is 12.6. The van der Waals surface area contributed by atoms with E-state index in [0.717, 1.165) is 31.0 Å². The summed E-state index contributed by atoms with van der Waals surface area (Å²) in [6, 6.07) is 5.35. The third-order valence-corrected chi connectivity index (χ3v) is 4.10. The highest BCUT2D eigenvalue weighted by molar-refractivity contribution is 6.05. The molecule has 2 N–H and O–H groups in total. The molecule has 0 bridgehead atoms. The molecule has 0 atom stereocenters. The molecule has 8 nitrogen and oxygen atoms in total.